The first-order valence-electron chi connectivity index (χ1n) is 9.90. The Balaban J connectivity index is 1.72. The Morgan fingerprint density at radius 3 is 2.32 bits per heavy atom. The smallest absolute Gasteiger partial charge is 0.376 e. The van der Waals surface area contributed by atoms with Gasteiger partial charge in [-0.05, 0) is 66.6 Å². The molecule has 1 N–H and O–H groups in total. The minimum absolute atomic E-state index is 0.177. The van der Waals surface area contributed by atoms with Gasteiger partial charge >= 0.3 is 6.18 Å². The maximum Gasteiger partial charge on any atom is 0.421 e. The van der Waals surface area contributed by atoms with Crippen LogP contribution in [0, 0.1) is 11.2 Å². The third-order valence-corrected chi connectivity index (χ3v) is 6.21. The number of nitrogens with zero attached hydrogens (tertiary/aromatic N) is 2. The monoisotopic (exact) mass is 430 g/mol. The number of halogens is 4. The molecule has 0 saturated heterocycles. The lowest BCUT2D eigenvalue weighted by Crippen LogP contribution is -2.47. The lowest BCUT2D eigenvalue weighted by Gasteiger charge is -2.42. The lowest BCUT2D eigenvalue weighted by molar-refractivity contribution is -0.275. The first-order valence-corrected chi connectivity index (χ1v) is 9.90. The summed E-state index contributed by atoms with van der Waals surface area (Å²) in [6, 6.07) is 13.0. The summed E-state index contributed by atoms with van der Waals surface area (Å²) in [4.78, 5) is 0. The van der Waals surface area contributed by atoms with Crippen molar-refractivity contribution in [1.82, 2.24) is 9.78 Å². The van der Waals surface area contributed by atoms with Gasteiger partial charge in [0, 0.05) is 0 Å². The molecule has 1 unspecified atom stereocenters. The van der Waals surface area contributed by atoms with Gasteiger partial charge in [0.2, 0.25) is 0 Å². The van der Waals surface area contributed by atoms with Crippen molar-refractivity contribution >= 4 is 6.08 Å². The van der Waals surface area contributed by atoms with Gasteiger partial charge in [0.1, 0.15) is 5.82 Å². The first-order chi connectivity index (χ1) is 14.5. The Morgan fingerprint density at radius 1 is 1.06 bits per heavy atom. The number of allylic oxidation sites excluding steroid dienone is 1. The second-order valence-corrected chi connectivity index (χ2v) is 8.41. The minimum Gasteiger partial charge on any atom is -0.376 e. The molecule has 162 valence electrons. The van der Waals surface area contributed by atoms with Crippen LogP contribution in [0.5, 0.6) is 0 Å². The average Bonchev–Trinajstić information content (AvgIpc) is 3.10. The van der Waals surface area contributed by atoms with Crippen molar-refractivity contribution in [2.45, 2.75) is 38.5 Å². The van der Waals surface area contributed by atoms with Gasteiger partial charge in [-0.1, -0.05) is 42.8 Å². The molecule has 2 atom stereocenters. The average molecular weight is 430 g/mol. The Hall–Kier alpha value is -2.93. The minimum atomic E-state index is -4.84. The van der Waals surface area contributed by atoms with E-state index in [9.17, 15) is 22.7 Å². The molecule has 0 fully saturated rings. The van der Waals surface area contributed by atoms with Crippen molar-refractivity contribution in [3.05, 3.63) is 89.0 Å². The molecular weight excluding hydrogens is 408 g/mol. The molecule has 0 bridgehead atoms. The van der Waals surface area contributed by atoms with Gasteiger partial charge in [-0.2, -0.15) is 18.3 Å². The van der Waals surface area contributed by atoms with Gasteiger partial charge in [0.25, 0.3) is 0 Å². The van der Waals surface area contributed by atoms with Crippen molar-refractivity contribution in [2.75, 3.05) is 0 Å². The highest BCUT2D eigenvalue weighted by atomic mass is 19.4. The number of alkyl halides is 3. The molecule has 0 spiro atoms. The number of hydrogen-bond donors (Lipinski definition) is 1. The number of fused-ring (bicyclic) bond motifs is 1. The predicted molar refractivity (Wildman–Crippen MR) is 110 cm³/mol. The largest absolute Gasteiger partial charge is 0.421 e. The van der Waals surface area contributed by atoms with Crippen LogP contribution in [0.4, 0.5) is 17.6 Å². The highest BCUT2D eigenvalue weighted by molar-refractivity contribution is 5.60. The van der Waals surface area contributed by atoms with Gasteiger partial charge in [0.15, 0.2) is 5.60 Å². The fourth-order valence-electron chi connectivity index (χ4n) is 4.26. The molecule has 0 radical (unpaired) electrons. The normalized spacial score (nSPS) is 20.7. The third kappa shape index (κ3) is 3.67. The zero-order valence-corrected chi connectivity index (χ0v) is 17.1. The Bertz CT molecular complexity index is 1120. The number of aromatic nitrogens is 2. The van der Waals surface area contributed by atoms with Crippen LogP contribution in [0.3, 0.4) is 0 Å². The van der Waals surface area contributed by atoms with Crippen LogP contribution >= 0.6 is 0 Å². The first kappa shape index (κ1) is 21.3. The summed E-state index contributed by atoms with van der Waals surface area (Å²) in [5, 5.41) is 15.3. The van der Waals surface area contributed by atoms with E-state index in [1.165, 1.54) is 36.4 Å². The highest BCUT2D eigenvalue weighted by Gasteiger charge is 2.58. The molecule has 31 heavy (non-hydrogen) atoms. The predicted octanol–water partition coefficient (Wildman–Crippen LogP) is 5.82. The van der Waals surface area contributed by atoms with Crippen molar-refractivity contribution in [3.63, 3.8) is 0 Å². The Labute approximate surface area is 177 Å². The van der Waals surface area contributed by atoms with Crippen molar-refractivity contribution in [3.8, 4) is 5.69 Å². The molecule has 3 nitrogen and oxygen atoms in total. The summed E-state index contributed by atoms with van der Waals surface area (Å²) in [5.41, 5.74) is -1.21. The van der Waals surface area contributed by atoms with Crippen molar-refractivity contribution < 1.29 is 22.7 Å². The van der Waals surface area contributed by atoms with E-state index >= 15 is 0 Å². The van der Waals surface area contributed by atoms with Gasteiger partial charge in [0.05, 0.1) is 17.6 Å². The molecule has 1 aliphatic rings. The van der Waals surface area contributed by atoms with Crippen LogP contribution in [0.15, 0.2) is 66.4 Å². The van der Waals surface area contributed by atoms with Crippen LogP contribution in [0.2, 0.25) is 0 Å². The van der Waals surface area contributed by atoms with Gasteiger partial charge in [-0.3, -0.25) is 0 Å². The Morgan fingerprint density at radius 2 is 1.71 bits per heavy atom. The van der Waals surface area contributed by atoms with E-state index in [-0.39, 0.29) is 17.8 Å². The summed E-state index contributed by atoms with van der Waals surface area (Å²) in [6.45, 7) is 3.50. The van der Waals surface area contributed by atoms with E-state index < -0.39 is 23.6 Å². The second-order valence-electron chi connectivity index (χ2n) is 8.41. The zero-order valence-electron chi connectivity index (χ0n) is 17.1. The quantitative estimate of drug-likeness (QED) is 0.530. The van der Waals surface area contributed by atoms with Crippen LogP contribution < -0.4 is 0 Å². The van der Waals surface area contributed by atoms with Crippen molar-refractivity contribution in [2.24, 2.45) is 5.41 Å². The number of aliphatic hydroxyl groups is 1. The fourth-order valence-corrected chi connectivity index (χ4v) is 4.26. The summed E-state index contributed by atoms with van der Waals surface area (Å²) in [5.74, 6) is -0.364. The fraction of sp³-hybridized carbons (Fsp3) is 0.292. The van der Waals surface area contributed by atoms with Crippen LogP contribution in [-0.4, -0.2) is 21.1 Å². The van der Waals surface area contributed by atoms with E-state index in [2.05, 4.69) is 5.10 Å². The lowest BCUT2D eigenvalue weighted by atomic mass is 9.66. The van der Waals surface area contributed by atoms with Crippen LogP contribution in [-0.2, 0) is 12.0 Å². The maximum atomic E-state index is 14.1. The summed E-state index contributed by atoms with van der Waals surface area (Å²) in [7, 11) is 0. The number of hydrogen-bond acceptors (Lipinski definition) is 2. The molecule has 3 aromatic rings. The third-order valence-electron chi connectivity index (χ3n) is 6.21. The molecule has 1 heterocycles. The molecule has 7 heteroatoms. The molecule has 2 aromatic carbocycles. The van der Waals surface area contributed by atoms with E-state index in [0.29, 0.717) is 11.3 Å². The van der Waals surface area contributed by atoms with E-state index in [1.54, 1.807) is 49.0 Å². The highest BCUT2D eigenvalue weighted by Crippen LogP contribution is 2.51. The number of rotatable bonds is 4. The van der Waals surface area contributed by atoms with E-state index in [4.69, 9.17) is 0 Å². The molecule has 4 rings (SSSR count). The van der Waals surface area contributed by atoms with Crippen LogP contribution in [0.25, 0.3) is 11.8 Å². The molecular formula is C24H22F4N2O. The van der Waals surface area contributed by atoms with Gasteiger partial charge < -0.3 is 5.11 Å². The Kier molecular flexibility index (Phi) is 5.04. The van der Waals surface area contributed by atoms with E-state index in [1.807, 2.05) is 0 Å². The summed E-state index contributed by atoms with van der Waals surface area (Å²) >= 11 is 0. The maximum absolute atomic E-state index is 14.1. The van der Waals surface area contributed by atoms with E-state index in [0.717, 1.165) is 11.3 Å². The molecule has 1 aliphatic carbocycles. The molecule has 0 aliphatic heterocycles. The molecule has 0 saturated carbocycles. The molecule has 1 aromatic heterocycles. The topological polar surface area (TPSA) is 38.0 Å². The molecule has 0 amide bonds. The summed E-state index contributed by atoms with van der Waals surface area (Å²) < 4.78 is 57.2. The van der Waals surface area contributed by atoms with Crippen LogP contribution in [0.1, 0.15) is 37.1 Å². The SMILES string of the molecule is CC1=Cc2c(cnn2-c2ccc(F)cc2)C[C@]1(C)CC(O)(c1ccccc1)C(F)(F)F. The second kappa shape index (κ2) is 7.34. The van der Waals surface area contributed by atoms with Crippen molar-refractivity contribution in [1.29, 1.82) is 0 Å². The number of benzene rings is 2. The standard InChI is InChI=1S/C24H22F4N2O/c1-16-12-21-17(14-29-30(21)20-10-8-19(25)9-11-20)13-22(16,2)15-23(31,24(26,27)28)18-6-4-3-5-7-18/h3-12,14,31H,13,15H2,1-2H3/t22-,23?/m1/s1. The zero-order chi connectivity index (χ0) is 22.4. The van der Waals surface area contributed by atoms with Gasteiger partial charge in [-0.25, -0.2) is 9.07 Å². The van der Waals surface area contributed by atoms with Gasteiger partial charge in [-0.15, -0.1) is 0 Å². The summed E-state index contributed by atoms with van der Waals surface area (Å²) in [6.07, 6.45) is -1.64.